The van der Waals surface area contributed by atoms with Crippen LogP contribution in [-0.2, 0) is 0 Å². The van der Waals surface area contributed by atoms with Gasteiger partial charge in [-0.25, -0.2) is 9.18 Å². The van der Waals surface area contributed by atoms with E-state index in [-0.39, 0.29) is 20.8 Å². The second-order valence-corrected chi connectivity index (χ2v) is 8.63. The summed E-state index contributed by atoms with van der Waals surface area (Å²) in [5, 5.41) is 10.9. The molecule has 8 heteroatoms. The van der Waals surface area contributed by atoms with E-state index in [0.29, 0.717) is 34.5 Å². The first-order chi connectivity index (χ1) is 17.0. The van der Waals surface area contributed by atoms with Crippen molar-refractivity contribution in [3.8, 4) is 28.4 Å². The molecule has 0 atom stereocenters. The molecule has 5 aromatic rings. The van der Waals surface area contributed by atoms with Crippen LogP contribution in [0.5, 0.6) is 11.5 Å². The molecular weight excluding hydrogens is 469 g/mol. The Morgan fingerprint density at radius 2 is 1.69 bits per heavy atom. The maximum Gasteiger partial charge on any atom is 0.354 e. The van der Waals surface area contributed by atoms with Gasteiger partial charge in [0.05, 0.1) is 18.5 Å². The van der Waals surface area contributed by atoms with Crippen LogP contribution in [0.1, 0.15) is 0 Å². The molecule has 0 spiro atoms. The van der Waals surface area contributed by atoms with Crippen molar-refractivity contribution in [3.05, 3.63) is 112 Å². The Bertz CT molecular complexity index is 1680. The third kappa shape index (κ3) is 4.08. The van der Waals surface area contributed by atoms with Crippen molar-refractivity contribution in [1.29, 1.82) is 0 Å². The minimum atomic E-state index is -0.874. The lowest BCUT2D eigenvalue weighted by atomic mass is 10.1. The number of methoxy groups -OCH3 is 1. The lowest BCUT2D eigenvalue weighted by molar-refractivity contribution is 0.414. The van der Waals surface area contributed by atoms with E-state index in [0.717, 1.165) is 0 Å². The van der Waals surface area contributed by atoms with Gasteiger partial charge in [0.2, 0.25) is 0 Å². The second kappa shape index (κ2) is 9.15. The SMILES string of the molecule is COc1cccc(-n2c(-c3ccccc3)cc3oc(=O)c(Sc4ccccc4F)c(O)c3c2=O)c1. The molecule has 0 unspecified atom stereocenters. The standard InChI is InChI=1S/C27H18FNO5S/c1-33-18-11-7-10-17(14-18)29-20(16-8-3-2-4-9-16)15-21-23(26(29)31)24(30)25(27(32)34-21)35-22-13-6-5-12-19(22)28/h2-15,30H,1H3. The van der Waals surface area contributed by atoms with Crippen LogP contribution in [-0.4, -0.2) is 16.8 Å². The Labute approximate surface area is 202 Å². The van der Waals surface area contributed by atoms with E-state index >= 15 is 0 Å². The molecule has 0 saturated heterocycles. The molecule has 0 aliphatic carbocycles. The van der Waals surface area contributed by atoms with Gasteiger partial charge >= 0.3 is 5.63 Å². The highest BCUT2D eigenvalue weighted by Gasteiger charge is 2.23. The monoisotopic (exact) mass is 487 g/mol. The maximum atomic E-state index is 14.2. The quantitative estimate of drug-likeness (QED) is 0.347. The highest BCUT2D eigenvalue weighted by molar-refractivity contribution is 7.99. The van der Waals surface area contributed by atoms with E-state index in [1.165, 1.54) is 35.9 Å². The number of aromatic hydroxyl groups is 1. The van der Waals surface area contributed by atoms with E-state index in [4.69, 9.17) is 9.15 Å². The van der Waals surface area contributed by atoms with Crippen LogP contribution < -0.4 is 15.9 Å². The van der Waals surface area contributed by atoms with Gasteiger partial charge in [-0.3, -0.25) is 9.36 Å². The summed E-state index contributed by atoms with van der Waals surface area (Å²) in [6.45, 7) is 0. The first-order valence-electron chi connectivity index (χ1n) is 10.6. The largest absolute Gasteiger partial charge is 0.505 e. The van der Waals surface area contributed by atoms with Gasteiger partial charge in [-0.1, -0.05) is 60.3 Å². The van der Waals surface area contributed by atoms with E-state index in [1.807, 2.05) is 30.3 Å². The molecule has 0 bridgehead atoms. The molecule has 174 valence electrons. The number of rotatable bonds is 5. The van der Waals surface area contributed by atoms with Gasteiger partial charge in [0, 0.05) is 17.0 Å². The molecule has 0 aliphatic heterocycles. The van der Waals surface area contributed by atoms with Gasteiger partial charge in [-0.15, -0.1) is 0 Å². The van der Waals surface area contributed by atoms with E-state index in [1.54, 1.807) is 30.3 Å². The second-order valence-electron chi connectivity index (χ2n) is 7.58. The molecule has 35 heavy (non-hydrogen) atoms. The van der Waals surface area contributed by atoms with Crippen LogP contribution in [0.15, 0.2) is 109 Å². The third-order valence-corrected chi connectivity index (χ3v) is 6.56. The fourth-order valence-electron chi connectivity index (χ4n) is 3.80. The van der Waals surface area contributed by atoms with Crippen LogP contribution in [0.25, 0.3) is 27.9 Å². The number of ether oxygens (including phenoxy) is 1. The summed E-state index contributed by atoms with van der Waals surface area (Å²) >= 11 is 0.700. The molecule has 6 nitrogen and oxygen atoms in total. The van der Waals surface area contributed by atoms with Gasteiger partial charge in [-0.2, -0.15) is 0 Å². The zero-order valence-electron chi connectivity index (χ0n) is 18.4. The van der Waals surface area contributed by atoms with Crippen molar-refractivity contribution >= 4 is 22.7 Å². The fourth-order valence-corrected chi connectivity index (χ4v) is 4.65. The fraction of sp³-hybridized carbons (Fsp3) is 0.0370. The van der Waals surface area contributed by atoms with Gasteiger partial charge < -0.3 is 14.3 Å². The lowest BCUT2D eigenvalue weighted by Gasteiger charge is -2.16. The average molecular weight is 488 g/mol. The zero-order valence-corrected chi connectivity index (χ0v) is 19.2. The lowest BCUT2D eigenvalue weighted by Crippen LogP contribution is -2.21. The van der Waals surface area contributed by atoms with Crippen LogP contribution in [0.4, 0.5) is 4.39 Å². The molecule has 2 heterocycles. The van der Waals surface area contributed by atoms with Crippen molar-refractivity contribution in [2.24, 2.45) is 0 Å². The number of hydrogen-bond donors (Lipinski definition) is 1. The maximum absolute atomic E-state index is 14.2. The molecule has 0 fully saturated rings. The highest BCUT2D eigenvalue weighted by Crippen LogP contribution is 2.37. The summed E-state index contributed by atoms with van der Waals surface area (Å²) in [6, 6.07) is 23.4. The molecule has 3 aromatic carbocycles. The summed E-state index contributed by atoms with van der Waals surface area (Å²) in [7, 11) is 1.52. The number of hydrogen-bond acceptors (Lipinski definition) is 6. The summed E-state index contributed by atoms with van der Waals surface area (Å²) in [4.78, 5) is 26.5. The predicted octanol–water partition coefficient (Wildman–Crippen LogP) is 5.62. The predicted molar refractivity (Wildman–Crippen MR) is 132 cm³/mol. The smallest absolute Gasteiger partial charge is 0.354 e. The zero-order chi connectivity index (χ0) is 24.5. The Hall–Kier alpha value is -4.30. The van der Waals surface area contributed by atoms with Crippen LogP contribution >= 0.6 is 11.8 Å². The van der Waals surface area contributed by atoms with E-state index in [2.05, 4.69) is 0 Å². The molecule has 1 N–H and O–H groups in total. The first kappa shape index (κ1) is 22.5. The van der Waals surface area contributed by atoms with Crippen molar-refractivity contribution < 1.29 is 18.7 Å². The summed E-state index contributed by atoms with van der Waals surface area (Å²) < 4.78 is 26.4. The van der Waals surface area contributed by atoms with Crippen LogP contribution in [0.2, 0.25) is 0 Å². The third-order valence-electron chi connectivity index (χ3n) is 5.44. The normalized spacial score (nSPS) is 11.0. The van der Waals surface area contributed by atoms with Gasteiger partial charge in [-0.05, 0) is 29.8 Å². The number of aromatic nitrogens is 1. The molecule has 0 radical (unpaired) electrons. The Balaban J connectivity index is 1.83. The van der Waals surface area contributed by atoms with Gasteiger partial charge in [0.1, 0.15) is 27.4 Å². The number of nitrogens with zero attached hydrogens (tertiary/aromatic N) is 1. The number of benzene rings is 3. The Morgan fingerprint density at radius 3 is 2.43 bits per heavy atom. The minimum absolute atomic E-state index is 0.0756. The molecule has 0 saturated carbocycles. The molecule has 2 aromatic heterocycles. The molecule has 0 amide bonds. The molecule has 5 rings (SSSR count). The summed E-state index contributed by atoms with van der Waals surface area (Å²) in [5.74, 6) is -0.594. The summed E-state index contributed by atoms with van der Waals surface area (Å²) in [5.41, 5.74) is 0.0825. The number of halogens is 1. The van der Waals surface area contributed by atoms with Crippen molar-refractivity contribution in [3.63, 3.8) is 0 Å². The van der Waals surface area contributed by atoms with Crippen LogP contribution in [0.3, 0.4) is 0 Å². The Kier molecular flexibility index (Phi) is 5.88. The van der Waals surface area contributed by atoms with E-state index in [9.17, 15) is 19.1 Å². The first-order valence-corrected chi connectivity index (χ1v) is 11.4. The van der Waals surface area contributed by atoms with Gasteiger partial charge in [0.15, 0.2) is 5.75 Å². The summed E-state index contributed by atoms with van der Waals surface area (Å²) in [6.07, 6.45) is 0. The van der Waals surface area contributed by atoms with Crippen molar-refractivity contribution in [1.82, 2.24) is 4.57 Å². The average Bonchev–Trinajstić information content (AvgIpc) is 2.87. The number of fused-ring (bicyclic) bond motifs is 1. The topological polar surface area (TPSA) is 81.7 Å². The molecular formula is C27H18FNO5S. The van der Waals surface area contributed by atoms with Crippen molar-refractivity contribution in [2.75, 3.05) is 7.11 Å². The minimum Gasteiger partial charge on any atom is -0.505 e. The molecule has 0 aliphatic rings. The van der Waals surface area contributed by atoms with Gasteiger partial charge in [0.25, 0.3) is 5.56 Å². The van der Waals surface area contributed by atoms with Crippen molar-refractivity contribution in [2.45, 2.75) is 9.79 Å². The van der Waals surface area contributed by atoms with Crippen LogP contribution in [0, 0.1) is 5.82 Å². The van der Waals surface area contributed by atoms with E-state index < -0.39 is 22.8 Å². The highest BCUT2D eigenvalue weighted by atomic mass is 32.2. The number of pyridine rings is 1. The Morgan fingerprint density at radius 1 is 0.943 bits per heavy atom.